The average molecular weight is 350 g/mol. The number of carbonyl (C=O) groups is 1. The van der Waals surface area contributed by atoms with E-state index in [0.717, 1.165) is 16.6 Å². The van der Waals surface area contributed by atoms with Crippen LogP contribution in [0.4, 0.5) is 0 Å². The standard InChI is InChI=1S/C12H14Br2O2/c1-3-16-11-6-9(12(15)8(2)14)4-5-10(11)7-13/h4-6,8H,3,7H2,1-2H3. The lowest BCUT2D eigenvalue weighted by Gasteiger charge is -2.10. The number of alkyl halides is 2. The Labute approximate surface area is 113 Å². The van der Waals surface area contributed by atoms with E-state index in [0.29, 0.717) is 12.2 Å². The van der Waals surface area contributed by atoms with Crippen LogP contribution in [0.3, 0.4) is 0 Å². The minimum absolute atomic E-state index is 0.0714. The minimum atomic E-state index is -0.170. The summed E-state index contributed by atoms with van der Waals surface area (Å²) in [6, 6.07) is 5.56. The Morgan fingerprint density at radius 3 is 2.69 bits per heavy atom. The molecule has 0 aliphatic carbocycles. The van der Waals surface area contributed by atoms with Gasteiger partial charge in [0.2, 0.25) is 0 Å². The van der Waals surface area contributed by atoms with Gasteiger partial charge in [0.15, 0.2) is 5.78 Å². The first-order valence-electron chi connectivity index (χ1n) is 5.10. The first-order chi connectivity index (χ1) is 7.60. The van der Waals surface area contributed by atoms with Crippen LogP contribution in [-0.2, 0) is 5.33 Å². The van der Waals surface area contributed by atoms with Gasteiger partial charge in [-0.3, -0.25) is 4.79 Å². The highest BCUT2D eigenvalue weighted by Gasteiger charge is 2.14. The molecule has 0 aliphatic rings. The van der Waals surface area contributed by atoms with Crippen LogP contribution in [0.1, 0.15) is 29.8 Å². The third-order valence-corrected chi connectivity index (χ3v) is 3.18. The van der Waals surface area contributed by atoms with Gasteiger partial charge in [0.1, 0.15) is 5.75 Å². The summed E-state index contributed by atoms with van der Waals surface area (Å²) < 4.78 is 5.50. The second-order valence-corrected chi connectivity index (χ2v) is 5.30. The number of carbonyl (C=O) groups excluding carboxylic acids is 1. The van der Waals surface area contributed by atoms with Crippen molar-refractivity contribution >= 4 is 37.6 Å². The van der Waals surface area contributed by atoms with Crippen molar-refractivity contribution in [1.82, 2.24) is 0 Å². The Hall–Kier alpha value is -0.350. The highest BCUT2D eigenvalue weighted by Crippen LogP contribution is 2.24. The molecule has 1 aromatic carbocycles. The lowest BCUT2D eigenvalue weighted by Crippen LogP contribution is -2.10. The van der Waals surface area contributed by atoms with Gasteiger partial charge >= 0.3 is 0 Å². The molecule has 0 fully saturated rings. The number of halogens is 2. The van der Waals surface area contributed by atoms with Crippen LogP contribution >= 0.6 is 31.9 Å². The molecule has 0 N–H and O–H groups in total. The van der Waals surface area contributed by atoms with E-state index in [1.807, 2.05) is 26.0 Å². The predicted molar refractivity (Wildman–Crippen MR) is 73.0 cm³/mol. The Balaban J connectivity index is 3.06. The Morgan fingerprint density at radius 1 is 1.50 bits per heavy atom. The number of rotatable bonds is 5. The van der Waals surface area contributed by atoms with Crippen LogP contribution in [-0.4, -0.2) is 17.2 Å². The second-order valence-electron chi connectivity index (χ2n) is 3.37. The SMILES string of the molecule is CCOc1cc(C(=O)C(C)Br)ccc1CBr. The summed E-state index contributed by atoms with van der Waals surface area (Å²) >= 11 is 6.67. The molecule has 0 bridgehead atoms. The van der Waals surface area contributed by atoms with Crippen molar-refractivity contribution in [2.45, 2.75) is 24.0 Å². The molecule has 0 saturated heterocycles. The van der Waals surface area contributed by atoms with Gasteiger partial charge in [0, 0.05) is 16.5 Å². The van der Waals surface area contributed by atoms with E-state index in [4.69, 9.17) is 4.74 Å². The van der Waals surface area contributed by atoms with Crippen molar-refractivity contribution in [3.05, 3.63) is 29.3 Å². The molecule has 1 rings (SSSR count). The van der Waals surface area contributed by atoms with Crippen LogP contribution < -0.4 is 4.74 Å². The lowest BCUT2D eigenvalue weighted by molar-refractivity contribution is 0.0995. The summed E-state index contributed by atoms with van der Waals surface area (Å²) in [5.74, 6) is 0.848. The van der Waals surface area contributed by atoms with E-state index >= 15 is 0 Å². The Kier molecular flexibility index (Phi) is 5.49. The maximum atomic E-state index is 11.8. The molecule has 1 atom stereocenters. The summed E-state index contributed by atoms with van der Waals surface area (Å²) in [5, 5.41) is 0.723. The number of Topliss-reactive ketones (excluding diaryl/α,β-unsaturated/α-hetero) is 1. The van der Waals surface area contributed by atoms with Crippen LogP contribution in [0, 0.1) is 0 Å². The maximum absolute atomic E-state index is 11.8. The summed E-state index contributed by atoms with van der Waals surface area (Å²) in [7, 11) is 0. The summed E-state index contributed by atoms with van der Waals surface area (Å²) in [4.78, 5) is 11.6. The van der Waals surface area contributed by atoms with E-state index in [2.05, 4.69) is 31.9 Å². The van der Waals surface area contributed by atoms with Crippen LogP contribution in [0.15, 0.2) is 18.2 Å². The number of hydrogen-bond donors (Lipinski definition) is 0. The maximum Gasteiger partial charge on any atom is 0.176 e. The third-order valence-electron chi connectivity index (χ3n) is 2.16. The largest absolute Gasteiger partial charge is 0.494 e. The first kappa shape index (κ1) is 13.7. The van der Waals surface area contributed by atoms with Crippen molar-refractivity contribution in [2.24, 2.45) is 0 Å². The van der Waals surface area contributed by atoms with E-state index < -0.39 is 0 Å². The van der Waals surface area contributed by atoms with Crippen LogP contribution in [0.2, 0.25) is 0 Å². The molecule has 0 radical (unpaired) electrons. The molecular formula is C12H14Br2O2. The Morgan fingerprint density at radius 2 is 2.19 bits per heavy atom. The van der Waals surface area contributed by atoms with Gasteiger partial charge in [-0.25, -0.2) is 0 Å². The summed E-state index contributed by atoms with van der Waals surface area (Å²) in [6.45, 7) is 4.35. The van der Waals surface area contributed by atoms with Gasteiger partial charge in [-0.2, -0.15) is 0 Å². The van der Waals surface area contributed by atoms with Crippen LogP contribution in [0.25, 0.3) is 0 Å². The van der Waals surface area contributed by atoms with Crippen molar-refractivity contribution in [1.29, 1.82) is 0 Å². The lowest BCUT2D eigenvalue weighted by atomic mass is 10.1. The smallest absolute Gasteiger partial charge is 0.176 e. The van der Waals surface area contributed by atoms with E-state index in [1.165, 1.54) is 0 Å². The second kappa shape index (κ2) is 6.40. The highest BCUT2D eigenvalue weighted by atomic mass is 79.9. The van der Waals surface area contributed by atoms with Gasteiger partial charge in [-0.05, 0) is 19.9 Å². The molecule has 1 aromatic rings. The molecule has 2 nitrogen and oxygen atoms in total. The number of ether oxygens (including phenoxy) is 1. The minimum Gasteiger partial charge on any atom is -0.494 e. The third kappa shape index (κ3) is 3.32. The van der Waals surface area contributed by atoms with Gasteiger partial charge in [0.25, 0.3) is 0 Å². The molecule has 88 valence electrons. The van der Waals surface area contributed by atoms with Gasteiger partial charge < -0.3 is 4.74 Å². The number of ketones is 1. The molecule has 0 aliphatic heterocycles. The fourth-order valence-electron chi connectivity index (χ4n) is 1.34. The quantitative estimate of drug-likeness (QED) is 0.594. The molecule has 0 aromatic heterocycles. The molecule has 0 spiro atoms. The molecule has 16 heavy (non-hydrogen) atoms. The van der Waals surface area contributed by atoms with Crippen molar-refractivity contribution in [2.75, 3.05) is 6.61 Å². The van der Waals surface area contributed by atoms with Crippen molar-refractivity contribution in [3.63, 3.8) is 0 Å². The van der Waals surface area contributed by atoms with Gasteiger partial charge in [-0.1, -0.05) is 44.0 Å². The van der Waals surface area contributed by atoms with E-state index in [1.54, 1.807) is 6.07 Å². The zero-order chi connectivity index (χ0) is 12.1. The zero-order valence-corrected chi connectivity index (χ0v) is 12.5. The zero-order valence-electron chi connectivity index (χ0n) is 9.30. The molecule has 0 heterocycles. The molecule has 4 heteroatoms. The fraction of sp³-hybridized carbons (Fsp3) is 0.417. The summed E-state index contributed by atoms with van der Waals surface area (Å²) in [6.07, 6.45) is 0. The van der Waals surface area contributed by atoms with E-state index in [9.17, 15) is 4.79 Å². The van der Waals surface area contributed by atoms with Crippen molar-refractivity contribution in [3.8, 4) is 5.75 Å². The number of hydrogen-bond acceptors (Lipinski definition) is 2. The van der Waals surface area contributed by atoms with Gasteiger partial charge in [-0.15, -0.1) is 0 Å². The summed E-state index contributed by atoms with van der Waals surface area (Å²) in [5.41, 5.74) is 1.73. The first-order valence-corrected chi connectivity index (χ1v) is 7.13. The Bertz CT molecular complexity index is 375. The average Bonchev–Trinajstić information content (AvgIpc) is 2.28. The number of benzene rings is 1. The normalized spacial score (nSPS) is 12.2. The van der Waals surface area contributed by atoms with Crippen LogP contribution in [0.5, 0.6) is 5.75 Å². The monoisotopic (exact) mass is 348 g/mol. The van der Waals surface area contributed by atoms with E-state index in [-0.39, 0.29) is 10.6 Å². The molecule has 1 unspecified atom stereocenters. The molecule has 0 amide bonds. The van der Waals surface area contributed by atoms with Crippen molar-refractivity contribution < 1.29 is 9.53 Å². The molecular weight excluding hydrogens is 336 g/mol. The highest BCUT2D eigenvalue weighted by molar-refractivity contribution is 9.10. The molecule has 0 saturated carbocycles. The van der Waals surface area contributed by atoms with Gasteiger partial charge in [0.05, 0.1) is 11.4 Å². The predicted octanol–water partition coefficient (Wildman–Crippen LogP) is 3.95. The topological polar surface area (TPSA) is 26.3 Å². The fourth-order valence-corrected chi connectivity index (χ4v) is 2.07.